The van der Waals surface area contributed by atoms with Crippen LogP contribution in [0.4, 0.5) is 0 Å². The molecule has 1 rings (SSSR count). The summed E-state index contributed by atoms with van der Waals surface area (Å²) in [5, 5.41) is 0. The van der Waals surface area contributed by atoms with E-state index in [1.165, 1.54) is 0 Å². The molecule has 0 radical (unpaired) electrons. The molecule has 0 spiro atoms. The Morgan fingerprint density at radius 3 is 2.29 bits per heavy atom. The lowest BCUT2D eigenvalue weighted by molar-refractivity contribution is 0.242. The third kappa shape index (κ3) is 2.73. The summed E-state index contributed by atoms with van der Waals surface area (Å²) in [6.07, 6.45) is 0.196. The molecule has 14 heavy (non-hydrogen) atoms. The normalized spacial score (nSPS) is 9.93. The lowest BCUT2D eigenvalue weighted by Gasteiger charge is -2.09. The number of ether oxygens (including phenoxy) is 1. The van der Waals surface area contributed by atoms with Crippen molar-refractivity contribution >= 4 is 12.4 Å². The summed E-state index contributed by atoms with van der Waals surface area (Å²) in [5.74, 6) is 0.862. The lowest BCUT2D eigenvalue weighted by Crippen LogP contribution is -2.05. The molecule has 0 aromatic heterocycles. The van der Waals surface area contributed by atoms with Crippen molar-refractivity contribution in [2.45, 2.75) is 20.0 Å². The number of rotatable bonds is 4. The van der Waals surface area contributed by atoms with E-state index >= 15 is 0 Å². The molecule has 0 heterocycles. The van der Waals surface area contributed by atoms with Crippen LogP contribution in [0.3, 0.4) is 0 Å². The van der Waals surface area contributed by atoms with Crippen LogP contribution >= 0.6 is 0 Å². The molecule has 1 aromatic carbocycles. The number of nitrogens with zero attached hydrogens (tertiary/aromatic N) is 1. The zero-order chi connectivity index (χ0) is 10.6. The van der Waals surface area contributed by atoms with Gasteiger partial charge in [0.15, 0.2) is 0 Å². The minimum absolute atomic E-state index is 0.196. The van der Waals surface area contributed by atoms with Crippen molar-refractivity contribution in [3.63, 3.8) is 0 Å². The smallest absolute Gasteiger partial charge is 0.119 e. The first-order valence-electron chi connectivity index (χ1n) is 4.56. The van der Waals surface area contributed by atoms with Gasteiger partial charge in [0.25, 0.3) is 0 Å². The molecule has 1 aromatic rings. The highest BCUT2D eigenvalue weighted by atomic mass is 16.5. The molecule has 74 valence electrons. The maximum absolute atomic E-state index is 5.51. The van der Waals surface area contributed by atoms with E-state index in [0.717, 1.165) is 11.3 Å². The predicted octanol–water partition coefficient (Wildman–Crippen LogP) is 3.15. The van der Waals surface area contributed by atoms with Gasteiger partial charge in [-0.05, 0) is 50.4 Å². The van der Waals surface area contributed by atoms with Crippen LogP contribution in [0.15, 0.2) is 35.8 Å². The summed E-state index contributed by atoms with van der Waals surface area (Å²) in [6.45, 7) is 11.2. The van der Waals surface area contributed by atoms with E-state index in [9.17, 15) is 0 Å². The Balaban J connectivity index is 2.78. The lowest BCUT2D eigenvalue weighted by atomic mass is 10.2. The van der Waals surface area contributed by atoms with E-state index in [-0.39, 0.29) is 6.10 Å². The maximum Gasteiger partial charge on any atom is 0.119 e. The molecule has 0 fully saturated rings. The third-order valence-electron chi connectivity index (χ3n) is 1.75. The van der Waals surface area contributed by atoms with Crippen LogP contribution in [0, 0.1) is 0 Å². The Labute approximate surface area is 84.9 Å². The molecular weight excluding hydrogens is 174 g/mol. The van der Waals surface area contributed by atoms with Crippen LogP contribution in [0.25, 0.3) is 5.70 Å². The van der Waals surface area contributed by atoms with Crippen LogP contribution in [0.2, 0.25) is 0 Å². The summed E-state index contributed by atoms with van der Waals surface area (Å²) >= 11 is 0. The highest BCUT2D eigenvalue weighted by Gasteiger charge is 1.99. The summed E-state index contributed by atoms with van der Waals surface area (Å²) in [4.78, 5) is 3.76. The molecule has 0 aliphatic rings. The average molecular weight is 189 g/mol. The molecule has 0 amide bonds. The third-order valence-corrected chi connectivity index (χ3v) is 1.75. The van der Waals surface area contributed by atoms with E-state index < -0.39 is 0 Å². The zero-order valence-corrected chi connectivity index (χ0v) is 8.66. The number of aliphatic imine (C=N–C) groups is 1. The highest BCUT2D eigenvalue weighted by Crippen LogP contribution is 2.18. The van der Waals surface area contributed by atoms with Gasteiger partial charge in [0.2, 0.25) is 0 Å². The van der Waals surface area contributed by atoms with Crippen LogP contribution in [-0.4, -0.2) is 12.8 Å². The zero-order valence-electron chi connectivity index (χ0n) is 8.66. The van der Waals surface area contributed by atoms with E-state index in [1.54, 1.807) is 0 Å². The number of benzene rings is 1. The van der Waals surface area contributed by atoms with Crippen molar-refractivity contribution in [3.05, 3.63) is 36.4 Å². The fourth-order valence-corrected chi connectivity index (χ4v) is 1.09. The molecule has 0 aliphatic heterocycles. The van der Waals surface area contributed by atoms with Crippen molar-refractivity contribution < 1.29 is 4.74 Å². The van der Waals surface area contributed by atoms with Gasteiger partial charge in [-0.25, -0.2) is 0 Å². The van der Waals surface area contributed by atoms with E-state index in [2.05, 4.69) is 18.3 Å². The maximum atomic E-state index is 5.51. The van der Waals surface area contributed by atoms with Crippen molar-refractivity contribution in [2.24, 2.45) is 4.99 Å². The molecular formula is C12H15NO. The minimum Gasteiger partial charge on any atom is -0.491 e. The first kappa shape index (κ1) is 10.5. The average Bonchev–Trinajstić information content (AvgIpc) is 2.17. The largest absolute Gasteiger partial charge is 0.491 e. The second-order valence-corrected chi connectivity index (χ2v) is 3.30. The Morgan fingerprint density at radius 1 is 1.29 bits per heavy atom. The van der Waals surface area contributed by atoms with Gasteiger partial charge in [-0.2, -0.15) is 0 Å². The van der Waals surface area contributed by atoms with Crippen LogP contribution < -0.4 is 4.74 Å². The fraction of sp³-hybridized carbons (Fsp3) is 0.250. The van der Waals surface area contributed by atoms with Gasteiger partial charge in [0.1, 0.15) is 5.75 Å². The molecule has 0 N–H and O–H groups in total. The standard InChI is InChI=1S/C12H15NO/c1-9(2)14-12-7-5-11(6-8-12)10(3)13-4/h5-9H,3-4H2,1-2H3. The molecule has 2 heteroatoms. The van der Waals surface area contributed by atoms with Gasteiger partial charge >= 0.3 is 0 Å². The van der Waals surface area contributed by atoms with Gasteiger partial charge in [0, 0.05) is 0 Å². The monoisotopic (exact) mass is 189 g/mol. The SMILES string of the molecule is C=NC(=C)c1ccc(OC(C)C)cc1. The Kier molecular flexibility index (Phi) is 3.46. The van der Waals surface area contributed by atoms with Crippen LogP contribution in [0.1, 0.15) is 19.4 Å². The van der Waals surface area contributed by atoms with Crippen molar-refractivity contribution in [1.82, 2.24) is 0 Å². The second kappa shape index (κ2) is 4.61. The first-order chi connectivity index (χ1) is 6.63. The van der Waals surface area contributed by atoms with E-state index in [0.29, 0.717) is 5.70 Å². The van der Waals surface area contributed by atoms with Crippen LogP contribution in [0.5, 0.6) is 5.75 Å². The summed E-state index contributed by atoms with van der Waals surface area (Å²) in [5.41, 5.74) is 1.65. The fourth-order valence-electron chi connectivity index (χ4n) is 1.09. The molecule has 0 aliphatic carbocycles. The topological polar surface area (TPSA) is 21.6 Å². The Hall–Kier alpha value is -1.57. The van der Waals surface area contributed by atoms with Gasteiger partial charge in [-0.1, -0.05) is 6.58 Å². The molecule has 0 bridgehead atoms. The molecule has 0 saturated heterocycles. The van der Waals surface area contributed by atoms with Crippen molar-refractivity contribution in [3.8, 4) is 5.75 Å². The van der Waals surface area contributed by atoms with Gasteiger partial charge in [0.05, 0.1) is 11.8 Å². The number of hydrogen-bond acceptors (Lipinski definition) is 2. The van der Waals surface area contributed by atoms with Crippen molar-refractivity contribution in [1.29, 1.82) is 0 Å². The van der Waals surface area contributed by atoms with Gasteiger partial charge in [-0.3, -0.25) is 4.99 Å². The Bertz CT molecular complexity index is 325. The van der Waals surface area contributed by atoms with Gasteiger partial charge in [-0.15, -0.1) is 0 Å². The summed E-state index contributed by atoms with van der Waals surface area (Å²) < 4.78 is 5.51. The highest BCUT2D eigenvalue weighted by molar-refractivity contribution is 5.66. The molecule has 0 atom stereocenters. The first-order valence-corrected chi connectivity index (χ1v) is 4.56. The molecule has 0 unspecified atom stereocenters. The molecule has 0 saturated carbocycles. The van der Waals surface area contributed by atoms with Gasteiger partial charge < -0.3 is 4.74 Å². The molecule has 2 nitrogen and oxygen atoms in total. The second-order valence-electron chi connectivity index (χ2n) is 3.30. The summed E-state index contributed by atoms with van der Waals surface area (Å²) in [7, 11) is 0. The summed E-state index contributed by atoms with van der Waals surface area (Å²) in [6, 6.07) is 7.67. The Morgan fingerprint density at radius 2 is 1.86 bits per heavy atom. The number of hydrogen-bond donors (Lipinski definition) is 0. The van der Waals surface area contributed by atoms with E-state index in [1.807, 2.05) is 38.1 Å². The van der Waals surface area contributed by atoms with Crippen molar-refractivity contribution in [2.75, 3.05) is 0 Å². The minimum atomic E-state index is 0.196. The quantitative estimate of drug-likeness (QED) is 0.667. The van der Waals surface area contributed by atoms with E-state index in [4.69, 9.17) is 4.74 Å². The predicted molar refractivity (Wildman–Crippen MR) is 60.8 cm³/mol. The van der Waals surface area contributed by atoms with Crippen LogP contribution in [-0.2, 0) is 0 Å².